The predicted molar refractivity (Wildman–Crippen MR) is 91.5 cm³/mol. The molecule has 1 aliphatic heterocycles. The summed E-state index contributed by atoms with van der Waals surface area (Å²) in [6.07, 6.45) is 3.37. The molecule has 3 atom stereocenters. The number of carbonyl (C=O) groups excluding carboxylic acids is 1. The Labute approximate surface area is 145 Å². The third kappa shape index (κ3) is 2.91. The lowest BCUT2D eigenvalue weighted by Crippen LogP contribution is -2.54. The third-order valence-electron chi connectivity index (χ3n) is 4.66. The van der Waals surface area contributed by atoms with E-state index in [1.165, 1.54) is 0 Å². The van der Waals surface area contributed by atoms with Gasteiger partial charge in [-0.3, -0.25) is 4.79 Å². The average Bonchev–Trinajstić information content (AvgIpc) is 3.22. The van der Waals surface area contributed by atoms with Gasteiger partial charge in [0.2, 0.25) is 5.88 Å². The van der Waals surface area contributed by atoms with Gasteiger partial charge in [-0.05, 0) is 38.0 Å². The van der Waals surface area contributed by atoms with Crippen LogP contribution in [0.4, 0.5) is 0 Å². The van der Waals surface area contributed by atoms with E-state index in [1.807, 2.05) is 42.2 Å². The number of nitrogens with zero attached hydrogens (tertiary/aromatic N) is 2. The van der Waals surface area contributed by atoms with Gasteiger partial charge in [-0.15, -0.1) is 11.3 Å². The number of aromatic nitrogens is 1. The van der Waals surface area contributed by atoms with Crippen LogP contribution < -0.4 is 4.74 Å². The molecule has 1 saturated carbocycles. The van der Waals surface area contributed by atoms with Crippen molar-refractivity contribution in [3.63, 3.8) is 0 Å². The van der Waals surface area contributed by atoms with Gasteiger partial charge in [0.1, 0.15) is 12.2 Å². The van der Waals surface area contributed by atoms with Crippen molar-refractivity contribution >= 4 is 17.2 Å². The van der Waals surface area contributed by atoms with E-state index in [0.29, 0.717) is 19.0 Å². The van der Waals surface area contributed by atoms with Crippen LogP contribution in [-0.4, -0.2) is 47.2 Å². The largest absolute Gasteiger partial charge is 0.471 e. The van der Waals surface area contributed by atoms with Gasteiger partial charge in [-0.1, -0.05) is 6.07 Å². The van der Waals surface area contributed by atoms with Crippen molar-refractivity contribution in [1.29, 1.82) is 0 Å². The van der Waals surface area contributed by atoms with E-state index in [0.717, 1.165) is 22.6 Å². The number of aryl methyl sites for hydroxylation is 1. The molecule has 6 heteroatoms. The molecule has 24 heavy (non-hydrogen) atoms. The van der Waals surface area contributed by atoms with E-state index in [-0.39, 0.29) is 24.2 Å². The van der Waals surface area contributed by atoms with Crippen LogP contribution >= 0.6 is 11.3 Å². The zero-order valence-electron chi connectivity index (χ0n) is 13.6. The van der Waals surface area contributed by atoms with E-state index in [9.17, 15) is 4.79 Å². The van der Waals surface area contributed by atoms with Gasteiger partial charge >= 0.3 is 0 Å². The molecule has 0 spiro atoms. The molecule has 0 N–H and O–H groups in total. The van der Waals surface area contributed by atoms with Gasteiger partial charge in [0.05, 0.1) is 17.5 Å². The molecule has 2 aromatic heterocycles. The normalized spacial score (nSPS) is 26.2. The molecule has 0 bridgehead atoms. The second-order valence-corrected chi connectivity index (χ2v) is 7.50. The van der Waals surface area contributed by atoms with E-state index in [4.69, 9.17) is 9.47 Å². The summed E-state index contributed by atoms with van der Waals surface area (Å²) in [7, 11) is 0. The van der Waals surface area contributed by atoms with Crippen LogP contribution in [0.5, 0.6) is 5.88 Å². The third-order valence-corrected chi connectivity index (χ3v) is 5.65. The second-order valence-electron chi connectivity index (χ2n) is 6.21. The smallest absolute Gasteiger partial charge is 0.264 e. The van der Waals surface area contributed by atoms with Crippen LogP contribution in [0.1, 0.15) is 27.4 Å². The second kappa shape index (κ2) is 6.53. The van der Waals surface area contributed by atoms with Gasteiger partial charge in [-0.25, -0.2) is 4.98 Å². The topological polar surface area (TPSA) is 51.7 Å². The van der Waals surface area contributed by atoms with Crippen LogP contribution in [-0.2, 0) is 4.74 Å². The van der Waals surface area contributed by atoms with Gasteiger partial charge in [-0.2, -0.15) is 0 Å². The fourth-order valence-corrected chi connectivity index (χ4v) is 4.38. The molecule has 0 aromatic carbocycles. The van der Waals surface area contributed by atoms with E-state index < -0.39 is 0 Å². The summed E-state index contributed by atoms with van der Waals surface area (Å²) in [4.78, 5) is 21.0. The molecule has 2 aromatic rings. The number of ether oxygens (including phenoxy) is 2. The minimum absolute atomic E-state index is 0.0504. The minimum Gasteiger partial charge on any atom is -0.471 e. The maximum atomic E-state index is 12.8. The fourth-order valence-electron chi connectivity index (χ4n) is 3.56. The summed E-state index contributed by atoms with van der Waals surface area (Å²) >= 11 is 1.55. The van der Waals surface area contributed by atoms with E-state index in [1.54, 1.807) is 17.5 Å². The number of morpholine rings is 1. The van der Waals surface area contributed by atoms with Crippen LogP contribution in [0.3, 0.4) is 0 Å². The highest BCUT2D eigenvalue weighted by molar-refractivity contribution is 7.13. The standard InChI is InChI=1S/C18H20N2O3S/c1-12-5-8-15(24-12)18(21)20-10-11-22-17-13(20)6-7-14(17)23-16-4-2-3-9-19-16/h2-5,8-9,13-14,17H,6-7,10-11H2,1H3/t13-,14-,17+/m1/s1. The molecule has 5 nitrogen and oxygen atoms in total. The molecule has 126 valence electrons. The summed E-state index contributed by atoms with van der Waals surface area (Å²) in [5, 5.41) is 0. The molecule has 2 fully saturated rings. The Hall–Kier alpha value is -1.92. The summed E-state index contributed by atoms with van der Waals surface area (Å²) < 4.78 is 12.0. The molecule has 1 aliphatic carbocycles. The van der Waals surface area contributed by atoms with Gasteiger partial charge < -0.3 is 14.4 Å². The molecule has 4 rings (SSSR count). The number of rotatable bonds is 3. The van der Waals surface area contributed by atoms with Crippen LogP contribution in [0, 0.1) is 6.92 Å². The molecule has 1 amide bonds. The number of fused-ring (bicyclic) bond motifs is 1. The van der Waals surface area contributed by atoms with E-state index in [2.05, 4.69) is 4.98 Å². The monoisotopic (exact) mass is 344 g/mol. The van der Waals surface area contributed by atoms with Crippen molar-refractivity contribution < 1.29 is 14.3 Å². The predicted octanol–water partition coefficient (Wildman–Crippen LogP) is 2.90. The molecular formula is C18H20N2O3S. The average molecular weight is 344 g/mol. The zero-order valence-corrected chi connectivity index (χ0v) is 14.4. The summed E-state index contributed by atoms with van der Waals surface area (Å²) in [6.45, 7) is 3.22. The van der Waals surface area contributed by atoms with Crippen molar-refractivity contribution in [2.24, 2.45) is 0 Å². The lowest BCUT2D eigenvalue weighted by atomic mass is 10.1. The zero-order chi connectivity index (χ0) is 16.5. The number of carbonyl (C=O) groups is 1. The minimum atomic E-state index is -0.0780. The van der Waals surface area contributed by atoms with Gasteiger partial charge in [0, 0.05) is 23.7 Å². The summed E-state index contributed by atoms with van der Waals surface area (Å²) in [5.74, 6) is 0.731. The van der Waals surface area contributed by atoms with Crippen molar-refractivity contribution in [1.82, 2.24) is 9.88 Å². The first-order chi connectivity index (χ1) is 11.7. The lowest BCUT2D eigenvalue weighted by Gasteiger charge is -2.38. The first-order valence-corrected chi connectivity index (χ1v) is 9.11. The van der Waals surface area contributed by atoms with Crippen LogP contribution in [0.15, 0.2) is 36.5 Å². The van der Waals surface area contributed by atoms with Crippen molar-refractivity contribution in [3.8, 4) is 5.88 Å². The SMILES string of the molecule is Cc1ccc(C(=O)N2CCO[C@H]3[C@H]2CC[C@H]3Oc2ccccn2)s1. The highest BCUT2D eigenvalue weighted by atomic mass is 32.1. The summed E-state index contributed by atoms with van der Waals surface area (Å²) in [6, 6.07) is 9.63. The number of hydrogen-bond donors (Lipinski definition) is 0. The summed E-state index contributed by atoms with van der Waals surface area (Å²) in [5.41, 5.74) is 0. The van der Waals surface area contributed by atoms with Gasteiger partial charge in [0.15, 0.2) is 0 Å². The highest BCUT2D eigenvalue weighted by Crippen LogP contribution is 2.34. The van der Waals surface area contributed by atoms with Crippen LogP contribution in [0.25, 0.3) is 0 Å². The Morgan fingerprint density at radius 2 is 2.25 bits per heavy atom. The molecule has 1 saturated heterocycles. The van der Waals surface area contributed by atoms with E-state index >= 15 is 0 Å². The maximum Gasteiger partial charge on any atom is 0.264 e. The quantitative estimate of drug-likeness (QED) is 0.859. The number of amides is 1. The van der Waals surface area contributed by atoms with Crippen molar-refractivity contribution in [3.05, 3.63) is 46.3 Å². The van der Waals surface area contributed by atoms with Crippen molar-refractivity contribution in [2.75, 3.05) is 13.2 Å². The molecular weight excluding hydrogens is 324 g/mol. The number of hydrogen-bond acceptors (Lipinski definition) is 5. The molecule has 2 aliphatic rings. The first kappa shape index (κ1) is 15.6. The Morgan fingerprint density at radius 3 is 3.00 bits per heavy atom. The Kier molecular flexibility index (Phi) is 4.24. The number of pyridine rings is 1. The van der Waals surface area contributed by atoms with Crippen molar-refractivity contribution in [2.45, 2.75) is 38.0 Å². The number of thiophene rings is 1. The Balaban J connectivity index is 1.49. The first-order valence-electron chi connectivity index (χ1n) is 8.29. The molecule has 0 radical (unpaired) electrons. The molecule has 0 unspecified atom stereocenters. The Morgan fingerprint density at radius 1 is 1.33 bits per heavy atom. The maximum absolute atomic E-state index is 12.8. The lowest BCUT2D eigenvalue weighted by molar-refractivity contribution is -0.0792. The van der Waals surface area contributed by atoms with Crippen LogP contribution in [0.2, 0.25) is 0 Å². The fraction of sp³-hybridized carbons (Fsp3) is 0.444. The van der Waals surface area contributed by atoms with Gasteiger partial charge in [0.25, 0.3) is 5.91 Å². The highest BCUT2D eigenvalue weighted by Gasteiger charge is 2.46. The molecule has 3 heterocycles. The Bertz CT molecular complexity index is 718.